The van der Waals surface area contributed by atoms with Crippen molar-refractivity contribution >= 4 is 12.0 Å². The Balaban J connectivity index is 1.74. The third-order valence-electron chi connectivity index (χ3n) is 4.01. The van der Waals surface area contributed by atoms with E-state index < -0.39 is 0 Å². The number of nitrogens with one attached hydrogen (secondary N) is 1. The highest BCUT2D eigenvalue weighted by Crippen LogP contribution is 2.18. The summed E-state index contributed by atoms with van der Waals surface area (Å²) in [4.78, 5) is 25.1. The molecule has 0 unspecified atom stereocenters. The predicted octanol–water partition coefficient (Wildman–Crippen LogP) is 1.97. The molecule has 0 spiro atoms. The van der Waals surface area contributed by atoms with E-state index in [1.807, 2.05) is 24.3 Å². The smallest absolute Gasteiger partial charge is 0.409 e. The van der Waals surface area contributed by atoms with E-state index in [-0.39, 0.29) is 24.6 Å². The lowest BCUT2D eigenvalue weighted by Gasteiger charge is -2.31. The van der Waals surface area contributed by atoms with Gasteiger partial charge in [-0.25, -0.2) is 4.79 Å². The third kappa shape index (κ3) is 4.87. The van der Waals surface area contributed by atoms with Gasteiger partial charge in [0.2, 0.25) is 0 Å². The van der Waals surface area contributed by atoms with Gasteiger partial charge in [0, 0.05) is 19.1 Å². The molecule has 2 amide bonds. The van der Waals surface area contributed by atoms with Crippen LogP contribution in [0.1, 0.15) is 25.3 Å². The fraction of sp³-hybridized carbons (Fsp3) is 0.529. The number of methoxy groups -OCH3 is 1. The zero-order valence-corrected chi connectivity index (χ0v) is 13.7. The minimum atomic E-state index is -0.311. The second-order valence-corrected chi connectivity index (χ2v) is 5.55. The second kappa shape index (κ2) is 8.41. The Bertz CT molecular complexity index is 539. The second-order valence-electron chi connectivity index (χ2n) is 5.55. The van der Waals surface area contributed by atoms with Crippen LogP contribution in [0.2, 0.25) is 0 Å². The van der Waals surface area contributed by atoms with Gasteiger partial charge in [-0.05, 0) is 30.9 Å². The maximum absolute atomic E-state index is 12.0. The lowest BCUT2D eigenvalue weighted by atomic mass is 10.1. The predicted molar refractivity (Wildman–Crippen MR) is 86.5 cm³/mol. The highest BCUT2D eigenvalue weighted by molar-refractivity contribution is 5.78. The van der Waals surface area contributed by atoms with Gasteiger partial charge < -0.3 is 19.7 Å². The van der Waals surface area contributed by atoms with Crippen LogP contribution in [0.4, 0.5) is 4.79 Å². The van der Waals surface area contributed by atoms with Crippen LogP contribution < -0.4 is 10.1 Å². The molecule has 0 radical (unpaired) electrons. The van der Waals surface area contributed by atoms with E-state index in [9.17, 15) is 9.59 Å². The number of likely N-dealkylation sites (tertiary alicyclic amines) is 1. The number of ether oxygens (including phenoxy) is 2. The topological polar surface area (TPSA) is 67.9 Å². The number of nitrogens with zero attached hydrogens (tertiary/aromatic N) is 1. The molecule has 0 bridgehead atoms. The summed E-state index contributed by atoms with van der Waals surface area (Å²) in [6.45, 7) is 3.25. The first-order chi connectivity index (χ1) is 11.1. The minimum absolute atomic E-state index is 0.00816. The van der Waals surface area contributed by atoms with Gasteiger partial charge >= 0.3 is 6.09 Å². The average molecular weight is 320 g/mol. The van der Waals surface area contributed by atoms with Crippen LogP contribution in [0.3, 0.4) is 0 Å². The van der Waals surface area contributed by atoms with Crippen molar-refractivity contribution in [1.29, 1.82) is 0 Å². The van der Waals surface area contributed by atoms with E-state index in [1.54, 1.807) is 4.90 Å². The van der Waals surface area contributed by atoms with Crippen LogP contribution in [-0.2, 0) is 16.0 Å². The standard InChI is InChI=1S/C17H24N2O4/c1-3-13-6-4-5-7-15(13)23-12-16(20)18-14-8-10-19(11-9-14)17(21)22-2/h4-7,14H,3,8-12H2,1-2H3,(H,18,20). The normalized spacial score (nSPS) is 15.1. The number of aryl methyl sites for hydroxylation is 1. The summed E-state index contributed by atoms with van der Waals surface area (Å²) in [6.07, 6.45) is 2.01. The van der Waals surface area contributed by atoms with Crippen molar-refractivity contribution in [2.75, 3.05) is 26.8 Å². The molecule has 1 heterocycles. The summed E-state index contributed by atoms with van der Waals surface area (Å²) in [7, 11) is 1.38. The molecule has 6 nitrogen and oxygen atoms in total. The van der Waals surface area contributed by atoms with E-state index in [0.717, 1.165) is 30.6 Å². The number of carbonyl (C=O) groups excluding carboxylic acids is 2. The largest absolute Gasteiger partial charge is 0.483 e. The lowest BCUT2D eigenvalue weighted by molar-refractivity contribution is -0.124. The van der Waals surface area contributed by atoms with Crippen molar-refractivity contribution in [3.8, 4) is 5.75 Å². The summed E-state index contributed by atoms with van der Waals surface area (Å²) in [5.74, 6) is 0.623. The van der Waals surface area contributed by atoms with E-state index >= 15 is 0 Å². The molecule has 0 aliphatic carbocycles. The van der Waals surface area contributed by atoms with Gasteiger partial charge in [-0.3, -0.25) is 4.79 Å². The van der Waals surface area contributed by atoms with Gasteiger partial charge in [0.25, 0.3) is 5.91 Å². The number of para-hydroxylation sites is 1. The molecule has 0 atom stereocenters. The van der Waals surface area contributed by atoms with Crippen molar-refractivity contribution < 1.29 is 19.1 Å². The molecular formula is C17H24N2O4. The molecule has 1 saturated heterocycles. The fourth-order valence-corrected chi connectivity index (χ4v) is 2.68. The number of piperidine rings is 1. The minimum Gasteiger partial charge on any atom is -0.483 e. The molecule has 1 aliphatic rings. The summed E-state index contributed by atoms with van der Waals surface area (Å²) in [5.41, 5.74) is 1.09. The van der Waals surface area contributed by atoms with Crippen molar-refractivity contribution in [1.82, 2.24) is 10.2 Å². The van der Waals surface area contributed by atoms with E-state index in [0.29, 0.717) is 13.1 Å². The fourth-order valence-electron chi connectivity index (χ4n) is 2.68. The molecule has 1 aromatic rings. The molecule has 126 valence electrons. The van der Waals surface area contributed by atoms with Crippen LogP contribution in [0.25, 0.3) is 0 Å². The van der Waals surface area contributed by atoms with Crippen molar-refractivity contribution in [3.63, 3.8) is 0 Å². The van der Waals surface area contributed by atoms with E-state index in [4.69, 9.17) is 9.47 Å². The zero-order chi connectivity index (χ0) is 16.7. The Morgan fingerprint density at radius 3 is 2.61 bits per heavy atom. The van der Waals surface area contributed by atoms with Crippen molar-refractivity contribution in [2.45, 2.75) is 32.2 Å². The molecule has 1 fully saturated rings. The number of carbonyl (C=O) groups is 2. The third-order valence-corrected chi connectivity index (χ3v) is 4.01. The number of amides is 2. The Morgan fingerprint density at radius 2 is 1.96 bits per heavy atom. The quantitative estimate of drug-likeness (QED) is 0.901. The van der Waals surface area contributed by atoms with Gasteiger partial charge in [-0.2, -0.15) is 0 Å². The maximum atomic E-state index is 12.0. The average Bonchev–Trinajstić information content (AvgIpc) is 2.60. The summed E-state index contributed by atoms with van der Waals surface area (Å²) in [6, 6.07) is 7.81. The Morgan fingerprint density at radius 1 is 1.26 bits per heavy atom. The van der Waals surface area contributed by atoms with Crippen LogP contribution in [-0.4, -0.2) is 49.7 Å². The van der Waals surface area contributed by atoms with Crippen LogP contribution in [0, 0.1) is 0 Å². The SMILES string of the molecule is CCc1ccccc1OCC(=O)NC1CCN(C(=O)OC)CC1. The van der Waals surface area contributed by atoms with Gasteiger partial charge in [-0.15, -0.1) is 0 Å². The molecule has 2 rings (SSSR count). The monoisotopic (exact) mass is 320 g/mol. The van der Waals surface area contributed by atoms with Gasteiger partial charge in [-0.1, -0.05) is 25.1 Å². The van der Waals surface area contributed by atoms with E-state index in [2.05, 4.69) is 12.2 Å². The van der Waals surface area contributed by atoms with Gasteiger partial charge in [0.1, 0.15) is 5.75 Å². The number of hydrogen-bond acceptors (Lipinski definition) is 4. The molecular weight excluding hydrogens is 296 g/mol. The van der Waals surface area contributed by atoms with E-state index in [1.165, 1.54) is 7.11 Å². The van der Waals surface area contributed by atoms with Crippen LogP contribution >= 0.6 is 0 Å². The first-order valence-electron chi connectivity index (χ1n) is 7.97. The van der Waals surface area contributed by atoms with Gasteiger partial charge in [0.15, 0.2) is 6.61 Å². The first kappa shape index (κ1) is 17.1. The molecule has 1 N–H and O–H groups in total. The number of hydrogen-bond donors (Lipinski definition) is 1. The lowest BCUT2D eigenvalue weighted by Crippen LogP contribution is -2.47. The molecule has 6 heteroatoms. The summed E-state index contributed by atoms with van der Waals surface area (Å²) in [5, 5.41) is 2.96. The molecule has 0 saturated carbocycles. The van der Waals surface area contributed by atoms with Gasteiger partial charge in [0.05, 0.1) is 7.11 Å². The highest BCUT2D eigenvalue weighted by atomic mass is 16.5. The molecule has 1 aliphatic heterocycles. The molecule has 23 heavy (non-hydrogen) atoms. The summed E-state index contributed by atoms with van der Waals surface area (Å²) >= 11 is 0. The highest BCUT2D eigenvalue weighted by Gasteiger charge is 2.24. The first-order valence-corrected chi connectivity index (χ1v) is 7.97. The number of rotatable bonds is 5. The molecule has 0 aromatic heterocycles. The molecule has 1 aromatic carbocycles. The number of benzene rings is 1. The van der Waals surface area contributed by atoms with Crippen LogP contribution in [0.5, 0.6) is 5.75 Å². The Kier molecular flexibility index (Phi) is 6.26. The zero-order valence-electron chi connectivity index (χ0n) is 13.7. The Hall–Kier alpha value is -2.24. The van der Waals surface area contributed by atoms with Crippen molar-refractivity contribution in [3.05, 3.63) is 29.8 Å². The van der Waals surface area contributed by atoms with Crippen LogP contribution in [0.15, 0.2) is 24.3 Å². The van der Waals surface area contributed by atoms with Crippen molar-refractivity contribution in [2.24, 2.45) is 0 Å². The summed E-state index contributed by atoms with van der Waals surface area (Å²) < 4.78 is 10.3. The maximum Gasteiger partial charge on any atom is 0.409 e. The Labute approximate surface area is 136 Å².